The van der Waals surface area contributed by atoms with Gasteiger partial charge in [0.25, 0.3) is 6.10 Å². The van der Waals surface area contributed by atoms with Gasteiger partial charge in [-0.2, -0.15) is 26.3 Å². The van der Waals surface area contributed by atoms with E-state index in [0.717, 1.165) is 0 Å². The minimum atomic E-state index is -5.92. The van der Waals surface area contributed by atoms with E-state index in [2.05, 4.69) is 17.9 Å². The molecule has 0 amide bonds. The van der Waals surface area contributed by atoms with Gasteiger partial charge in [0.05, 0.1) is 18.8 Å². The Labute approximate surface area is 177 Å². The fourth-order valence-corrected chi connectivity index (χ4v) is 4.49. The number of hydrogen-bond donors (Lipinski definition) is 0. The smallest absolute Gasteiger partial charge is 0.434 e. The van der Waals surface area contributed by atoms with Crippen LogP contribution in [0.1, 0.15) is 12.8 Å². The molecule has 7 nitrogen and oxygen atoms in total. The zero-order chi connectivity index (χ0) is 24.1. The van der Waals surface area contributed by atoms with Crippen LogP contribution in [-0.2, 0) is 33.3 Å². The average molecular weight is 472 g/mol. The monoisotopic (exact) mass is 472 g/mol. The number of hydrogen-bond acceptors (Lipinski definition) is 7. The number of ether oxygens (including phenoxy) is 4. The highest BCUT2D eigenvalue weighted by molar-refractivity contribution is 6.03. The predicted octanol–water partition coefficient (Wildman–Crippen LogP) is 2.65. The lowest BCUT2D eigenvalue weighted by Gasteiger charge is -2.32. The van der Waals surface area contributed by atoms with E-state index in [9.17, 15) is 40.7 Å². The van der Waals surface area contributed by atoms with Crippen molar-refractivity contribution in [1.29, 1.82) is 0 Å². The first kappa shape index (κ1) is 24.1. The fraction of sp³-hybridized carbons (Fsp3) is 0.632. The summed E-state index contributed by atoms with van der Waals surface area (Å²) in [5.74, 6) is -5.92. The summed E-state index contributed by atoms with van der Waals surface area (Å²) in [5.41, 5.74) is -2.38. The molecule has 2 bridgehead atoms. The normalized spacial score (nSPS) is 30.9. The van der Waals surface area contributed by atoms with E-state index in [1.807, 2.05) is 0 Å². The maximum Gasteiger partial charge on any atom is 0.434 e. The first-order valence-corrected chi connectivity index (χ1v) is 9.36. The molecule has 0 spiro atoms. The van der Waals surface area contributed by atoms with Crippen molar-refractivity contribution in [2.24, 2.45) is 17.3 Å². The molecule has 1 saturated heterocycles. The molecule has 0 aromatic carbocycles. The number of rotatable bonds is 8. The highest BCUT2D eigenvalue weighted by atomic mass is 19.4. The van der Waals surface area contributed by atoms with Gasteiger partial charge >= 0.3 is 30.3 Å². The van der Waals surface area contributed by atoms with E-state index in [0.29, 0.717) is 0 Å². The molecule has 178 valence electrons. The van der Waals surface area contributed by atoms with Gasteiger partial charge in [-0.3, -0.25) is 9.59 Å². The fourth-order valence-electron chi connectivity index (χ4n) is 4.49. The van der Waals surface area contributed by atoms with Crippen molar-refractivity contribution in [3.63, 3.8) is 0 Å². The second-order valence-corrected chi connectivity index (χ2v) is 7.79. The Morgan fingerprint density at radius 1 is 1.22 bits per heavy atom. The summed E-state index contributed by atoms with van der Waals surface area (Å²) in [6, 6.07) is 0. The first-order chi connectivity index (χ1) is 14.7. The number of carbonyl (C=O) groups excluding carboxylic acids is 3. The van der Waals surface area contributed by atoms with Crippen LogP contribution in [0.3, 0.4) is 0 Å². The van der Waals surface area contributed by atoms with Crippen molar-refractivity contribution in [2.75, 3.05) is 13.2 Å². The van der Waals surface area contributed by atoms with Crippen LogP contribution in [0.2, 0.25) is 0 Å². The minimum absolute atomic E-state index is 0.0194. The Morgan fingerprint density at radius 2 is 1.84 bits per heavy atom. The van der Waals surface area contributed by atoms with Crippen molar-refractivity contribution < 1.29 is 59.7 Å². The molecule has 3 aliphatic rings. The summed E-state index contributed by atoms with van der Waals surface area (Å²) in [7, 11) is 0. The molecule has 32 heavy (non-hydrogen) atoms. The van der Waals surface area contributed by atoms with Crippen LogP contribution in [0.15, 0.2) is 24.8 Å². The molecule has 0 radical (unpaired) electrons. The summed E-state index contributed by atoms with van der Waals surface area (Å²) in [4.78, 5) is 37.0. The maximum atomic E-state index is 12.8. The van der Waals surface area contributed by atoms with E-state index in [-0.39, 0.29) is 25.2 Å². The molecule has 1 heterocycles. The molecular formula is C19H18F6O7. The Morgan fingerprint density at radius 3 is 2.41 bits per heavy atom. The summed E-state index contributed by atoms with van der Waals surface area (Å²) >= 11 is 0. The van der Waals surface area contributed by atoms with Crippen LogP contribution >= 0.6 is 0 Å². The highest BCUT2D eigenvalue weighted by Gasteiger charge is 2.76. The van der Waals surface area contributed by atoms with Gasteiger partial charge in [-0.15, -0.1) is 6.58 Å². The third kappa shape index (κ3) is 3.97. The molecule has 0 aromatic rings. The number of carbonyl (C=O) groups is 3. The molecule has 5 atom stereocenters. The predicted molar refractivity (Wildman–Crippen MR) is 90.6 cm³/mol. The van der Waals surface area contributed by atoms with Crippen molar-refractivity contribution >= 4 is 17.9 Å². The van der Waals surface area contributed by atoms with Gasteiger partial charge < -0.3 is 18.9 Å². The molecule has 1 aliphatic heterocycles. The zero-order valence-corrected chi connectivity index (χ0v) is 16.3. The van der Waals surface area contributed by atoms with Crippen LogP contribution in [0.4, 0.5) is 26.3 Å². The average Bonchev–Trinajstić information content (AvgIpc) is 3.26. The van der Waals surface area contributed by atoms with Gasteiger partial charge in [0.1, 0.15) is 12.2 Å². The Hall–Kier alpha value is -2.57. The van der Waals surface area contributed by atoms with Crippen LogP contribution in [0.25, 0.3) is 0 Å². The SMILES string of the molecule is C=CCOCC(=C)C(=O)OC1C2CC3C1OC(=O)C3(C(=O)OC(C(F)(F)F)C(F)(F)F)C2. The lowest BCUT2D eigenvalue weighted by atomic mass is 9.73. The van der Waals surface area contributed by atoms with E-state index in [1.165, 1.54) is 6.08 Å². The second kappa shape index (κ2) is 8.09. The molecule has 5 unspecified atom stereocenters. The standard InChI is InChI=1S/C19H18F6O7/c1-3-4-29-7-8(2)13(26)30-11-9-5-10-12(11)31-15(27)17(10,6-9)16(28)32-14(18(20,21)22)19(23,24)25/h3,9-12,14H,1-2,4-7H2. The maximum absolute atomic E-state index is 12.8. The molecule has 13 heteroatoms. The molecule has 3 rings (SSSR count). The van der Waals surface area contributed by atoms with E-state index in [1.54, 1.807) is 0 Å². The van der Waals surface area contributed by atoms with Gasteiger partial charge in [-0.1, -0.05) is 12.7 Å². The van der Waals surface area contributed by atoms with Gasteiger partial charge in [0, 0.05) is 11.8 Å². The second-order valence-electron chi connectivity index (χ2n) is 7.79. The van der Waals surface area contributed by atoms with Crippen LogP contribution < -0.4 is 0 Å². The minimum Gasteiger partial charge on any atom is -0.457 e. The van der Waals surface area contributed by atoms with Gasteiger partial charge in [0.2, 0.25) is 0 Å². The molecule has 2 saturated carbocycles. The van der Waals surface area contributed by atoms with Crippen molar-refractivity contribution in [1.82, 2.24) is 0 Å². The number of halogens is 6. The summed E-state index contributed by atoms with van der Waals surface area (Å²) < 4.78 is 95.9. The summed E-state index contributed by atoms with van der Waals surface area (Å²) in [6.45, 7) is 6.89. The largest absolute Gasteiger partial charge is 0.457 e. The molecule has 2 aliphatic carbocycles. The van der Waals surface area contributed by atoms with Crippen molar-refractivity contribution in [2.45, 2.75) is 43.5 Å². The molecule has 0 aromatic heterocycles. The Kier molecular flexibility index (Phi) is 6.09. The Bertz CT molecular complexity index is 821. The van der Waals surface area contributed by atoms with E-state index >= 15 is 0 Å². The van der Waals surface area contributed by atoms with Gasteiger partial charge in [0.15, 0.2) is 5.41 Å². The lowest BCUT2D eigenvalue weighted by molar-refractivity contribution is -0.315. The van der Waals surface area contributed by atoms with E-state index in [4.69, 9.17) is 14.2 Å². The van der Waals surface area contributed by atoms with Crippen LogP contribution in [-0.4, -0.2) is 61.8 Å². The highest BCUT2D eigenvalue weighted by Crippen LogP contribution is 2.63. The summed E-state index contributed by atoms with van der Waals surface area (Å²) in [5, 5.41) is 0. The third-order valence-electron chi connectivity index (χ3n) is 5.79. The van der Waals surface area contributed by atoms with Gasteiger partial charge in [-0.05, 0) is 12.8 Å². The quantitative estimate of drug-likeness (QED) is 0.102. The number of esters is 3. The van der Waals surface area contributed by atoms with Crippen LogP contribution in [0, 0.1) is 17.3 Å². The number of fused-ring (bicyclic) bond motifs is 1. The lowest BCUT2D eigenvalue weighted by Crippen LogP contribution is -2.51. The Balaban J connectivity index is 1.73. The van der Waals surface area contributed by atoms with Crippen molar-refractivity contribution in [3.8, 4) is 0 Å². The first-order valence-electron chi connectivity index (χ1n) is 9.36. The van der Waals surface area contributed by atoms with Crippen molar-refractivity contribution in [3.05, 3.63) is 24.8 Å². The van der Waals surface area contributed by atoms with E-state index < -0.39 is 72.2 Å². The number of alkyl halides is 6. The molecular weight excluding hydrogens is 454 g/mol. The zero-order valence-electron chi connectivity index (χ0n) is 16.3. The van der Waals surface area contributed by atoms with Crippen LogP contribution in [0.5, 0.6) is 0 Å². The molecule has 0 N–H and O–H groups in total. The topological polar surface area (TPSA) is 88.1 Å². The van der Waals surface area contributed by atoms with Gasteiger partial charge in [-0.25, -0.2) is 4.79 Å². The third-order valence-corrected chi connectivity index (χ3v) is 5.79. The summed E-state index contributed by atoms with van der Waals surface area (Å²) in [6.07, 6.45) is -17.5. The molecule has 3 fully saturated rings.